The summed E-state index contributed by atoms with van der Waals surface area (Å²) in [7, 11) is 0. The quantitative estimate of drug-likeness (QED) is 0.363. The van der Waals surface area contributed by atoms with Gasteiger partial charge in [-0.25, -0.2) is 0 Å². The molecule has 0 aromatic carbocycles. The molecule has 0 amide bonds. The van der Waals surface area contributed by atoms with Gasteiger partial charge >= 0.3 is 0 Å². The topological polar surface area (TPSA) is 0 Å². The maximum atomic E-state index is 2.74. The Balaban J connectivity index is 1.53. The molecule has 0 aromatic rings. The first-order valence-electron chi connectivity index (χ1n) is 14.2. The van der Waals surface area contributed by atoms with Crippen LogP contribution >= 0.6 is 0 Å². The van der Waals surface area contributed by atoms with Crippen molar-refractivity contribution in [2.24, 2.45) is 40.4 Å². The molecule has 0 spiro atoms. The fourth-order valence-electron chi connectivity index (χ4n) is 8.93. The van der Waals surface area contributed by atoms with Crippen LogP contribution < -0.4 is 0 Å². The van der Waals surface area contributed by atoms with Crippen molar-refractivity contribution in [1.29, 1.82) is 0 Å². The Morgan fingerprint density at radius 1 is 0.968 bits per heavy atom. The summed E-state index contributed by atoms with van der Waals surface area (Å²) >= 11 is 0. The second-order valence-electron chi connectivity index (χ2n) is 13.0. The van der Waals surface area contributed by atoms with E-state index in [1.807, 2.05) is 16.7 Å². The molecule has 4 rings (SSSR count). The van der Waals surface area contributed by atoms with Crippen molar-refractivity contribution in [3.8, 4) is 0 Å². The predicted octanol–water partition coefficient (Wildman–Crippen LogP) is 9.90. The summed E-state index contributed by atoms with van der Waals surface area (Å²) in [5, 5.41) is 0. The normalized spacial score (nSPS) is 38.5. The van der Waals surface area contributed by atoms with Crippen LogP contribution in [0.1, 0.15) is 131 Å². The third-order valence-corrected chi connectivity index (χ3v) is 10.7. The predicted molar refractivity (Wildman–Crippen MR) is 136 cm³/mol. The van der Waals surface area contributed by atoms with Crippen molar-refractivity contribution in [2.45, 2.75) is 131 Å². The number of unbranched alkanes of at least 4 members (excludes halogenated alkanes) is 1. The monoisotopic (exact) mass is 424 g/mol. The zero-order chi connectivity index (χ0) is 22.2. The van der Waals surface area contributed by atoms with Gasteiger partial charge in [-0.05, 0) is 90.1 Å². The molecule has 0 bridgehead atoms. The summed E-state index contributed by atoms with van der Waals surface area (Å²) in [6, 6.07) is 0. The molecule has 0 heteroatoms. The van der Waals surface area contributed by atoms with Crippen LogP contribution in [0.15, 0.2) is 22.8 Å². The van der Waals surface area contributed by atoms with Crippen LogP contribution in [0.25, 0.3) is 0 Å². The molecule has 31 heavy (non-hydrogen) atoms. The van der Waals surface area contributed by atoms with Gasteiger partial charge in [0.15, 0.2) is 0 Å². The molecule has 0 aromatic heterocycles. The summed E-state index contributed by atoms with van der Waals surface area (Å²) < 4.78 is 0. The second kappa shape index (κ2) is 9.38. The van der Waals surface area contributed by atoms with Crippen molar-refractivity contribution >= 4 is 0 Å². The lowest BCUT2D eigenvalue weighted by atomic mass is 9.49. The molecular weight excluding hydrogens is 372 g/mol. The summed E-state index contributed by atoms with van der Waals surface area (Å²) in [4.78, 5) is 0. The lowest BCUT2D eigenvalue weighted by Crippen LogP contribution is -2.44. The summed E-state index contributed by atoms with van der Waals surface area (Å²) in [6.45, 7) is 15.1. The first-order chi connectivity index (χ1) is 14.8. The molecule has 0 saturated heterocycles. The molecule has 0 N–H and O–H groups in total. The van der Waals surface area contributed by atoms with E-state index >= 15 is 0 Å². The lowest BCUT2D eigenvalue weighted by molar-refractivity contribution is 0.0538. The molecule has 4 aliphatic rings. The molecule has 6 atom stereocenters. The molecule has 176 valence electrons. The lowest BCUT2D eigenvalue weighted by Gasteiger charge is -2.55. The number of fused-ring (bicyclic) bond motifs is 4. The van der Waals surface area contributed by atoms with E-state index in [-0.39, 0.29) is 0 Å². The Kier molecular flexibility index (Phi) is 7.15. The highest BCUT2D eigenvalue weighted by Crippen LogP contribution is 2.65. The molecule has 4 aliphatic carbocycles. The SMILES string of the molecule is CCCCC1CCC[C@]2(C)C3=C(CCC12)C1=CC[C@H]([C@H](C)CCCC(C)C)[C@@]1(C)CC3. The third kappa shape index (κ3) is 4.24. The van der Waals surface area contributed by atoms with E-state index in [9.17, 15) is 0 Å². The Hall–Kier alpha value is -0.520. The van der Waals surface area contributed by atoms with Gasteiger partial charge in [0.2, 0.25) is 0 Å². The van der Waals surface area contributed by atoms with Crippen LogP contribution in [-0.4, -0.2) is 0 Å². The van der Waals surface area contributed by atoms with Gasteiger partial charge in [-0.2, -0.15) is 0 Å². The molecule has 0 nitrogen and oxygen atoms in total. The van der Waals surface area contributed by atoms with E-state index in [4.69, 9.17) is 0 Å². The van der Waals surface area contributed by atoms with Gasteiger partial charge in [-0.1, -0.05) is 105 Å². The Morgan fingerprint density at radius 2 is 1.77 bits per heavy atom. The van der Waals surface area contributed by atoms with Gasteiger partial charge in [0.1, 0.15) is 0 Å². The van der Waals surface area contributed by atoms with Crippen LogP contribution in [0.3, 0.4) is 0 Å². The zero-order valence-corrected chi connectivity index (χ0v) is 21.9. The third-order valence-electron chi connectivity index (χ3n) is 10.7. The highest BCUT2D eigenvalue weighted by Gasteiger charge is 2.53. The Morgan fingerprint density at radius 3 is 2.52 bits per heavy atom. The highest BCUT2D eigenvalue weighted by molar-refractivity contribution is 5.49. The van der Waals surface area contributed by atoms with E-state index in [0.29, 0.717) is 10.8 Å². The van der Waals surface area contributed by atoms with Crippen LogP contribution in [0, 0.1) is 40.4 Å². The Labute approximate surface area is 194 Å². The fraction of sp³-hybridized carbons (Fsp3) is 0.871. The van der Waals surface area contributed by atoms with Crippen molar-refractivity contribution in [1.82, 2.24) is 0 Å². The minimum absolute atomic E-state index is 0.468. The van der Waals surface area contributed by atoms with E-state index in [2.05, 4.69) is 47.6 Å². The number of rotatable bonds is 8. The minimum Gasteiger partial charge on any atom is -0.0802 e. The van der Waals surface area contributed by atoms with Crippen LogP contribution in [0.2, 0.25) is 0 Å². The molecule has 1 fully saturated rings. The molecular formula is C31H52. The summed E-state index contributed by atoms with van der Waals surface area (Å²) in [6.07, 6.45) is 22.8. The molecule has 0 radical (unpaired) electrons. The van der Waals surface area contributed by atoms with Gasteiger partial charge < -0.3 is 0 Å². The summed E-state index contributed by atoms with van der Waals surface area (Å²) in [5.41, 5.74) is 6.65. The van der Waals surface area contributed by atoms with Crippen molar-refractivity contribution in [3.05, 3.63) is 22.8 Å². The molecule has 1 saturated carbocycles. The van der Waals surface area contributed by atoms with E-state index in [1.165, 1.54) is 89.9 Å². The van der Waals surface area contributed by atoms with Crippen molar-refractivity contribution < 1.29 is 0 Å². The van der Waals surface area contributed by atoms with Crippen molar-refractivity contribution in [3.63, 3.8) is 0 Å². The maximum absolute atomic E-state index is 2.74. The maximum Gasteiger partial charge on any atom is -0.00389 e. The van der Waals surface area contributed by atoms with E-state index < -0.39 is 0 Å². The van der Waals surface area contributed by atoms with Crippen LogP contribution in [-0.2, 0) is 0 Å². The van der Waals surface area contributed by atoms with Crippen molar-refractivity contribution in [2.75, 3.05) is 0 Å². The van der Waals surface area contributed by atoms with Gasteiger partial charge in [0.05, 0.1) is 0 Å². The zero-order valence-electron chi connectivity index (χ0n) is 21.9. The molecule has 0 heterocycles. The van der Waals surface area contributed by atoms with Gasteiger partial charge in [0.25, 0.3) is 0 Å². The average molecular weight is 425 g/mol. The number of hydrogen-bond acceptors (Lipinski definition) is 0. The average Bonchev–Trinajstić information content (AvgIpc) is 3.08. The first kappa shape index (κ1) is 23.6. The standard InChI is InChI=1S/C31H52/c1-7-8-13-24-14-10-20-30(5)27(24)16-15-25-28-18-17-26(23(4)12-9-11-22(2)3)31(28,6)21-19-29(25)30/h18,22-24,26-27H,7-17,19-21H2,1-6H3/t23-,24?,26-,27?,30+,31-/m1/s1. The second-order valence-corrected chi connectivity index (χ2v) is 13.0. The van der Waals surface area contributed by atoms with Gasteiger partial charge in [-0.3, -0.25) is 0 Å². The fourth-order valence-corrected chi connectivity index (χ4v) is 8.93. The van der Waals surface area contributed by atoms with E-state index in [0.717, 1.165) is 29.6 Å². The first-order valence-corrected chi connectivity index (χ1v) is 14.2. The largest absolute Gasteiger partial charge is 0.0802 e. The van der Waals surface area contributed by atoms with Gasteiger partial charge in [-0.15, -0.1) is 0 Å². The molecule has 0 aliphatic heterocycles. The Bertz CT molecular complexity index is 693. The smallest absolute Gasteiger partial charge is 0.00389 e. The number of hydrogen-bond donors (Lipinski definition) is 0. The minimum atomic E-state index is 0.468. The van der Waals surface area contributed by atoms with Crippen LogP contribution in [0.4, 0.5) is 0 Å². The summed E-state index contributed by atoms with van der Waals surface area (Å²) in [5.74, 6) is 4.60. The van der Waals surface area contributed by atoms with Gasteiger partial charge in [0, 0.05) is 0 Å². The van der Waals surface area contributed by atoms with Crippen LogP contribution in [0.5, 0.6) is 0 Å². The van der Waals surface area contributed by atoms with E-state index in [1.54, 1.807) is 0 Å². The molecule has 2 unspecified atom stereocenters. The number of allylic oxidation sites excluding steroid dienone is 4. The highest BCUT2D eigenvalue weighted by atomic mass is 14.6.